The molecule has 1 amide bonds. The van der Waals surface area contributed by atoms with Gasteiger partial charge in [0.25, 0.3) is 0 Å². The van der Waals surface area contributed by atoms with E-state index in [0.717, 1.165) is 12.1 Å². The first-order valence-corrected chi connectivity index (χ1v) is 6.82. The van der Waals surface area contributed by atoms with Gasteiger partial charge < -0.3 is 10.3 Å². The second-order valence-corrected chi connectivity index (χ2v) is 5.03. The smallest absolute Gasteiger partial charge is 0.369 e. The van der Waals surface area contributed by atoms with Crippen molar-refractivity contribution in [2.24, 2.45) is 11.7 Å². The largest absolute Gasteiger partial charge is 0.471 e. The Morgan fingerprint density at radius 1 is 1.29 bits per heavy atom. The third-order valence-corrected chi connectivity index (χ3v) is 3.43. The van der Waals surface area contributed by atoms with E-state index in [1.54, 1.807) is 6.92 Å². The molecule has 10 heteroatoms. The third-order valence-electron chi connectivity index (χ3n) is 3.43. The van der Waals surface area contributed by atoms with Gasteiger partial charge in [-0.05, 0) is 24.5 Å². The zero-order valence-electron chi connectivity index (χ0n) is 12.3. The maximum absolute atomic E-state index is 14.1. The Kier molecular flexibility index (Phi) is 4.86. The number of alkyl halides is 3. The molecule has 2 rings (SSSR count). The minimum absolute atomic E-state index is 0.124. The minimum atomic E-state index is -4.89. The van der Waals surface area contributed by atoms with Gasteiger partial charge in [0, 0.05) is 5.92 Å². The molecule has 0 radical (unpaired) electrons. The summed E-state index contributed by atoms with van der Waals surface area (Å²) in [5.41, 5.74) is 4.45. The molecule has 1 atom stereocenters. The van der Waals surface area contributed by atoms with Crippen LogP contribution in [0.15, 0.2) is 16.7 Å². The van der Waals surface area contributed by atoms with E-state index in [0.29, 0.717) is 6.42 Å². The van der Waals surface area contributed by atoms with Crippen molar-refractivity contribution in [2.75, 3.05) is 0 Å². The molecule has 2 aromatic rings. The van der Waals surface area contributed by atoms with E-state index in [4.69, 9.17) is 5.73 Å². The highest BCUT2D eigenvalue weighted by Gasteiger charge is 2.39. The number of primary amides is 1. The van der Waals surface area contributed by atoms with Crippen LogP contribution in [0.25, 0.3) is 11.4 Å². The number of hydrogen-bond donors (Lipinski definition) is 1. The van der Waals surface area contributed by atoms with Crippen molar-refractivity contribution >= 4 is 5.91 Å². The maximum Gasteiger partial charge on any atom is 0.471 e. The molecule has 0 fully saturated rings. The van der Waals surface area contributed by atoms with E-state index in [1.807, 2.05) is 0 Å². The number of carbonyl (C=O) groups is 1. The van der Waals surface area contributed by atoms with Crippen molar-refractivity contribution in [1.82, 2.24) is 10.1 Å². The number of benzene rings is 1. The SMILES string of the molecule is CCC(Cc1ccc(-c2noc(C(F)(F)F)n2)c(F)c1F)C(N)=O. The van der Waals surface area contributed by atoms with Gasteiger partial charge in [-0.2, -0.15) is 18.2 Å². The van der Waals surface area contributed by atoms with Crippen LogP contribution < -0.4 is 5.73 Å². The molecule has 0 aliphatic rings. The zero-order chi connectivity index (χ0) is 18.1. The normalized spacial score (nSPS) is 13.1. The van der Waals surface area contributed by atoms with Gasteiger partial charge in [-0.1, -0.05) is 18.1 Å². The lowest BCUT2D eigenvalue weighted by Crippen LogP contribution is -2.25. The van der Waals surface area contributed by atoms with Gasteiger partial charge in [-0.25, -0.2) is 8.78 Å². The molecule has 0 saturated heterocycles. The van der Waals surface area contributed by atoms with Gasteiger partial charge in [-0.15, -0.1) is 0 Å². The van der Waals surface area contributed by atoms with Crippen LogP contribution in [0.3, 0.4) is 0 Å². The Morgan fingerprint density at radius 3 is 2.46 bits per heavy atom. The number of aromatic nitrogens is 2. The Hall–Kier alpha value is -2.52. The topological polar surface area (TPSA) is 82.0 Å². The Balaban J connectivity index is 2.36. The lowest BCUT2D eigenvalue weighted by molar-refractivity contribution is -0.159. The molecule has 0 bridgehead atoms. The summed E-state index contributed by atoms with van der Waals surface area (Å²) in [5.74, 6) is -6.47. The van der Waals surface area contributed by atoms with Crippen LogP contribution in [0.5, 0.6) is 0 Å². The number of carbonyl (C=O) groups excluding carboxylic acids is 1. The molecule has 1 aromatic heterocycles. The zero-order valence-corrected chi connectivity index (χ0v) is 12.3. The van der Waals surface area contributed by atoms with Gasteiger partial charge in [0.1, 0.15) is 0 Å². The number of rotatable bonds is 5. The fourth-order valence-corrected chi connectivity index (χ4v) is 2.08. The Morgan fingerprint density at radius 2 is 1.96 bits per heavy atom. The van der Waals surface area contributed by atoms with Crippen molar-refractivity contribution in [1.29, 1.82) is 0 Å². The van der Waals surface area contributed by atoms with Gasteiger partial charge in [0.2, 0.25) is 11.7 Å². The molecule has 5 nitrogen and oxygen atoms in total. The monoisotopic (exact) mass is 349 g/mol. The highest BCUT2D eigenvalue weighted by Crippen LogP contribution is 2.31. The number of nitrogens with zero attached hydrogens (tertiary/aromatic N) is 2. The highest BCUT2D eigenvalue weighted by molar-refractivity contribution is 5.77. The van der Waals surface area contributed by atoms with Crippen molar-refractivity contribution in [2.45, 2.75) is 25.9 Å². The molecule has 0 spiro atoms. The van der Waals surface area contributed by atoms with Gasteiger partial charge >= 0.3 is 12.1 Å². The van der Waals surface area contributed by atoms with Crippen LogP contribution in [-0.4, -0.2) is 16.0 Å². The van der Waals surface area contributed by atoms with E-state index >= 15 is 0 Å². The van der Waals surface area contributed by atoms with E-state index in [2.05, 4.69) is 14.7 Å². The lowest BCUT2D eigenvalue weighted by atomic mass is 9.95. The third kappa shape index (κ3) is 3.52. The number of nitrogens with two attached hydrogens (primary N) is 1. The fourth-order valence-electron chi connectivity index (χ4n) is 2.08. The van der Waals surface area contributed by atoms with Crippen molar-refractivity contribution in [3.63, 3.8) is 0 Å². The summed E-state index contributed by atoms with van der Waals surface area (Å²) >= 11 is 0. The van der Waals surface area contributed by atoms with Crippen LogP contribution in [0.4, 0.5) is 22.0 Å². The van der Waals surface area contributed by atoms with Crippen LogP contribution in [-0.2, 0) is 17.4 Å². The second-order valence-electron chi connectivity index (χ2n) is 5.03. The molecule has 1 heterocycles. The summed E-state index contributed by atoms with van der Waals surface area (Å²) in [5, 5.41) is 3.00. The fraction of sp³-hybridized carbons (Fsp3) is 0.357. The van der Waals surface area contributed by atoms with E-state index < -0.39 is 46.9 Å². The maximum atomic E-state index is 14.1. The van der Waals surface area contributed by atoms with Gasteiger partial charge in [0.05, 0.1) is 5.56 Å². The summed E-state index contributed by atoms with van der Waals surface area (Å²) in [6.07, 6.45) is -4.69. The molecule has 24 heavy (non-hydrogen) atoms. The van der Waals surface area contributed by atoms with E-state index in [-0.39, 0.29) is 12.0 Å². The predicted molar refractivity (Wildman–Crippen MR) is 71.3 cm³/mol. The average molecular weight is 349 g/mol. The highest BCUT2D eigenvalue weighted by atomic mass is 19.4. The van der Waals surface area contributed by atoms with Crippen molar-refractivity contribution in [3.8, 4) is 11.4 Å². The summed E-state index contributed by atoms with van der Waals surface area (Å²) in [7, 11) is 0. The summed E-state index contributed by atoms with van der Waals surface area (Å²) in [4.78, 5) is 14.2. The summed E-state index contributed by atoms with van der Waals surface area (Å²) in [6, 6.07) is 2.16. The molecule has 0 saturated carbocycles. The molecule has 1 unspecified atom stereocenters. The molecule has 2 N–H and O–H groups in total. The summed E-state index contributed by atoms with van der Waals surface area (Å²) < 4.78 is 69.4. The van der Waals surface area contributed by atoms with Crippen LogP contribution in [0.1, 0.15) is 24.8 Å². The van der Waals surface area contributed by atoms with E-state index in [9.17, 15) is 26.7 Å². The van der Waals surface area contributed by atoms with Crippen LogP contribution in [0.2, 0.25) is 0 Å². The molecule has 130 valence electrons. The molecular formula is C14H12F5N3O2. The van der Waals surface area contributed by atoms with Crippen LogP contribution in [0, 0.1) is 17.6 Å². The first kappa shape index (κ1) is 17.8. The van der Waals surface area contributed by atoms with Crippen LogP contribution >= 0.6 is 0 Å². The first-order chi connectivity index (χ1) is 11.1. The average Bonchev–Trinajstić information content (AvgIpc) is 2.98. The molecule has 0 aliphatic heterocycles. The lowest BCUT2D eigenvalue weighted by Gasteiger charge is -2.12. The predicted octanol–water partition coefficient (Wildman–Crippen LogP) is 3.09. The number of amides is 1. The Labute approximate surface area is 132 Å². The van der Waals surface area contributed by atoms with Crippen molar-refractivity contribution in [3.05, 3.63) is 35.2 Å². The van der Waals surface area contributed by atoms with Gasteiger partial charge in [0.15, 0.2) is 11.6 Å². The van der Waals surface area contributed by atoms with Gasteiger partial charge in [-0.3, -0.25) is 4.79 Å². The molecule has 0 aliphatic carbocycles. The first-order valence-electron chi connectivity index (χ1n) is 6.82. The Bertz CT molecular complexity index is 757. The minimum Gasteiger partial charge on any atom is -0.369 e. The standard InChI is InChI=1S/C14H12F5N3O2/c1-2-6(11(20)23)5-7-3-4-8(10(16)9(7)15)12-21-13(24-22-12)14(17,18)19/h3-4,6H,2,5H2,1H3,(H2,20,23). The number of halogens is 5. The summed E-state index contributed by atoms with van der Waals surface area (Å²) in [6.45, 7) is 1.66. The quantitative estimate of drug-likeness (QED) is 0.841. The van der Waals surface area contributed by atoms with E-state index in [1.165, 1.54) is 0 Å². The second kappa shape index (κ2) is 6.54. The number of hydrogen-bond acceptors (Lipinski definition) is 4. The molecular weight excluding hydrogens is 337 g/mol. The molecule has 1 aromatic carbocycles. The van der Waals surface area contributed by atoms with Crippen molar-refractivity contribution < 1.29 is 31.3 Å².